The Morgan fingerprint density at radius 2 is 1.89 bits per heavy atom. The molecular formula is C19H28. The third-order valence-corrected chi connectivity index (χ3v) is 3.72. The van der Waals surface area contributed by atoms with Gasteiger partial charge in [-0.05, 0) is 43.3 Å². The zero-order valence-electron chi connectivity index (χ0n) is 12.7. The number of rotatable bonds is 8. The van der Waals surface area contributed by atoms with Crippen LogP contribution in [0.5, 0.6) is 0 Å². The summed E-state index contributed by atoms with van der Waals surface area (Å²) in [6, 6.07) is 0. The monoisotopic (exact) mass is 256 g/mol. The molecule has 0 aromatic carbocycles. The predicted octanol–water partition coefficient (Wildman–Crippen LogP) is 6.29. The minimum atomic E-state index is 1.00. The molecule has 0 aromatic heterocycles. The molecule has 0 bridgehead atoms. The second-order valence-corrected chi connectivity index (χ2v) is 5.34. The molecule has 0 aromatic rings. The Balaban J connectivity index is 2.50. The minimum absolute atomic E-state index is 1.00. The van der Waals surface area contributed by atoms with Crippen LogP contribution in [0.3, 0.4) is 0 Å². The Bertz CT molecular complexity index is 402. The summed E-state index contributed by atoms with van der Waals surface area (Å²) in [5, 5.41) is 0. The molecular weight excluding hydrogens is 228 g/mol. The van der Waals surface area contributed by atoms with Crippen LogP contribution in [-0.2, 0) is 0 Å². The van der Waals surface area contributed by atoms with Crippen molar-refractivity contribution in [3.63, 3.8) is 0 Å². The lowest BCUT2D eigenvalue weighted by molar-refractivity contribution is 0.691. The quantitative estimate of drug-likeness (QED) is 0.353. The zero-order valence-corrected chi connectivity index (χ0v) is 12.7. The topological polar surface area (TPSA) is 0 Å². The SMILES string of the molecule is C=C(/C=C\C(=C)C1=CC=C(CCCCC)CC1)CC. The van der Waals surface area contributed by atoms with Crippen molar-refractivity contribution in [2.75, 3.05) is 0 Å². The standard InChI is InChI=1S/C19H28/c1-5-7-8-9-18-12-14-19(15-13-18)17(4)11-10-16(3)6-2/h10-12,14H,3-9,13,15H2,1-2H3/b11-10-. The smallest absolute Gasteiger partial charge is 0.0236 e. The van der Waals surface area contributed by atoms with E-state index < -0.39 is 0 Å². The van der Waals surface area contributed by atoms with E-state index in [1.807, 2.05) is 0 Å². The van der Waals surface area contributed by atoms with Crippen molar-refractivity contribution in [2.24, 2.45) is 0 Å². The molecule has 0 radical (unpaired) electrons. The summed E-state index contributed by atoms with van der Waals surface area (Å²) in [5.41, 5.74) is 5.28. The van der Waals surface area contributed by atoms with E-state index in [1.54, 1.807) is 5.57 Å². The highest BCUT2D eigenvalue weighted by Gasteiger charge is 2.07. The molecule has 0 saturated carbocycles. The van der Waals surface area contributed by atoms with Crippen LogP contribution in [0.25, 0.3) is 0 Å². The van der Waals surface area contributed by atoms with Gasteiger partial charge in [-0.15, -0.1) is 0 Å². The van der Waals surface area contributed by atoms with Gasteiger partial charge in [0.05, 0.1) is 0 Å². The summed E-state index contributed by atoms with van der Waals surface area (Å²) in [6.07, 6.45) is 17.4. The van der Waals surface area contributed by atoms with Gasteiger partial charge in [-0.1, -0.05) is 75.3 Å². The molecule has 0 N–H and O–H groups in total. The van der Waals surface area contributed by atoms with Crippen molar-refractivity contribution >= 4 is 0 Å². The normalized spacial score (nSPS) is 15.3. The van der Waals surface area contributed by atoms with Gasteiger partial charge in [0.25, 0.3) is 0 Å². The second kappa shape index (κ2) is 8.74. The van der Waals surface area contributed by atoms with Crippen LogP contribution in [0.2, 0.25) is 0 Å². The number of allylic oxidation sites excluding steroid dienone is 8. The average molecular weight is 256 g/mol. The van der Waals surface area contributed by atoms with Crippen LogP contribution in [0.1, 0.15) is 58.8 Å². The fourth-order valence-electron chi connectivity index (χ4n) is 2.20. The Hall–Kier alpha value is -1.30. The van der Waals surface area contributed by atoms with Crippen LogP contribution in [0.15, 0.2) is 59.8 Å². The van der Waals surface area contributed by atoms with Gasteiger partial charge >= 0.3 is 0 Å². The van der Waals surface area contributed by atoms with E-state index in [0.29, 0.717) is 0 Å². The highest BCUT2D eigenvalue weighted by atomic mass is 14.1. The largest absolute Gasteiger partial charge is 0.0958 e. The maximum atomic E-state index is 4.16. The van der Waals surface area contributed by atoms with Gasteiger partial charge in [0, 0.05) is 0 Å². The summed E-state index contributed by atoms with van der Waals surface area (Å²) in [4.78, 5) is 0. The first-order valence-electron chi connectivity index (χ1n) is 7.61. The molecule has 19 heavy (non-hydrogen) atoms. The summed E-state index contributed by atoms with van der Waals surface area (Å²) in [6.45, 7) is 12.5. The van der Waals surface area contributed by atoms with E-state index in [1.165, 1.54) is 37.7 Å². The molecule has 0 heterocycles. The predicted molar refractivity (Wildman–Crippen MR) is 87.3 cm³/mol. The third-order valence-electron chi connectivity index (χ3n) is 3.72. The molecule has 0 saturated heterocycles. The number of hydrogen-bond acceptors (Lipinski definition) is 0. The zero-order chi connectivity index (χ0) is 14.1. The molecule has 0 unspecified atom stereocenters. The van der Waals surface area contributed by atoms with Gasteiger partial charge in [0.2, 0.25) is 0 Å². The first-order valence-corrected chi connectivity index (χ1v) is 7.61. The van der Waals surface area contributed by atoms with Crippen molar-refractivity contribution in [3.8, 4) is 0 Å². The minimum Gasteiger partial charge on any atom is -0.0958 e. The van der Waals surface area contributed by atoms with Gasteiger partial charge < -0.3 is 0 Å². The first kappa shape index (κ1) is 15.8. The average Bonchev–Trinajstić information content (AvgIpc) is 2.45. The fourth-order valence-corrected chi connectivity index (χ4v) is 2.20. The van der Waals surface area contributed by atoms with Crippen molar-refractivity contribution in [1.29, 1.82) is 0 Å². The Morgan fingerprint density at radius 1 is 1.11 bits per heavy atom. The molecule has 104 valence electrons. The van der Waals surface area contributed by atoms with Crippen LogP contribution < -0.4 is 0 Å². The summed E-state index contributed by atoms with van der Waals surface area (Å²) in [5.74, 6) is 0. The molecule has 0 amide bonds. The van der Waals surface area contributed by atoms with Crippen LogP contribution in [-0.4, -0.2) is 0 Å². The lowest BCUT2D eigenvalue weighted by atomic mass is 9.91. The van der Waals surface area contributed by atoms with Crippen LogP contribution in [0, 0.1) is 0 Å². The second-order valence-electron chi connectivity index (χ2n) is 5.34. The molecule has 0 atom stereocenters. The highest BCUT2D eigenvalue weighted by Crippen LogP contribution is 2.26. The van der Waals surface area contributed by atoms with Gasteiger partial charge in [-0.25, -0.2) is 0 Å². The summed E-state index contributed by atoms with van der Waals surface area (Å²) >= 11 is 0. The van der Waals surface area contributed by atoms with Crippen molar-refractivity contribution in [1.82, 2.24) is 0 Å². The van der Waals surface area contributed by atoms with Gasteiger partial charge in [-0.2, -0.15) is 0 Å². The first-order chi connectivity index (χ1) is 9.17. The molecule has 0 spiro atoms. The van der Waals surface area contributed by atoms with E-state index in [4.69, 9.17) is 0 Å². The summed E-state index contributed by atoms with van der Waals surface area (Å²) in [7, 11) is 0. The Morgan fingerprint density at radius 3 is 2.47 bits per heavy atom. The number of unbranched alkanes of at least 4 members (excludes halogenated alkanes) is 2. The Labute approximate surface area is 119 Å². The van der Waals surface area contributed by atoms with Crippen molar-refractivity contribution < 1.29 is 0 Å². The maximum absolute atomic E-state index is 4.16. The molecule has 0 heteroatoms. The van der Waals surface area contributed by atoms with Crippen molar-refractivity contribution in [3.05, 3.63) is 59.8 Å². The van der Waals surface area contributed by atoms with E-state index in [2.05, 4.69) is 51.3 Å². The molecule has 0 nitrogen and oxygen atoms in total. The third kappa shape index (κ3) is 5.92. The molecule has 1 rings (SSSR count). The van der Waals surface area contributed by atoms with E-state index in [9.17, 15) is 0 Å². The fraction of sp³-hybridized carbons (Fsp3) is 0.474. The molecule has 1 aliphatic carbocycles. The Kier molecular flexibility index (Phi) is 7.25. The van der Waals surface area contributed by atoms with Gasteiger partial charge in [0.15, 0.2) is 0 Å². The van der Waals surface area contributed by atoms with Crippen LogP contribution in [0.4, 0.5) is 0 Å². The van der Waals surface area contributed by atoms with Gasteiger partial charge in [0.1, 0.15) is 0 Å². The van der Waals surface area contributed by atoms with E-state index in [-0.39, 0.29) is 0 Å². The van der Waals surface area contributed by atoms with Crippen LogP contribution >= 0.6 is 0 Å². The lowest BCUT2D eigenvalue weighted by Gasteiger charge is -2.15. The maximum Gasteiger partial charge on any atom is -0.0236 e. The van der Waals surface area contributed by atoms with Gasteiger partial charge in [-0.3, -0.25) is 0 Å². The van der Waals surface area contributed by atoms with E-state index >= 15 is 0 Å². The molecule has 1 aliphatic rings. The molecule has 0 fully saturated rings. The highest BCUT2D eigenvalue weighted by molar-refractivity contribution is 5.43. The molecule has 0 aliphatic heterocycles. The van der Waals surface area contributed by atoms with E-state index in [0.717, 1.165) is 24.0 Å². The summed E-state index contributed by atoms with van der Waals surface area (Å²) < 4.78 is 0. The number of hydrogen-bond donors (Lipinski definition) is 0. The lowest BCUT2D eigenvalue weighted by Crippen LogP contribution is -1.95. The van der Waals surface area contributed by atoms with Crippen molar-refractivity contribution in [2.45, 2.75) is 58.8 Å².